The second kappa shape index (κ2) is 7.01. The lowest BCUT2D eigenvalue weighted by Crippen LogP contribution is -2.37. The van der Waals surface area contributed by atoms with E-state index in [1.807, 2.05) is 35.7 Å². The lowest BCUT2D eigenvalue weighted by molar-refractivity contribution is -0.120. The standard InChI is InChI=1S/C19H20N2O2S/c1-19(2,14-7-4-3-5-8-14)13-20-17(22)11-15-12-24-18(21-15)16-9-6-10-23-16/h3-10,12H,11,13H2,1-2H3,(H,20,22). The third-order valence-corrected chi connectivity index (χ3v) is 4.81. The van der Waals surface area contributed by atoms with Crippen molar-refractivity contribution < 1.29 is 9.21 Å². The first kappa shape index (κ1) is 16.5. The molecule has 3 aromatic rings. The summed E-state index contributed by atoms with van der Waals surface area (Å²) < 4.78 is 5.33. The summed E-state index contributed by atoms with van der Waals surface area (Å²) in [7, 11) is 0. The average Bonchev–Trinajstić information content (AvgIpc) is 3.25. The van der Waals surface area contributed by atoms with Crippen molar-refractivity contribution in [1.29, 1.82) is 0 Å². The maximum Gasteiger partial charge on any atom is 0.226 e. The number of thiazole rings is 1. The zero-order chi connectivity index (χ0) is 17.0. The molecule has 3 rings (SSSR count). The Morgan fingerprint density at radius 3 is 2.71 bits per heavy atom. The van der Waals surface area contributed by atoms with Gasteiger partial charge in [-0.25, -0.2) is 4.98 Å². The molecule has 124 valence electrons. The molecule has 0 unspecified atom stereocenters. The molecule has 2 heterocycles. The lowest BCUT2D eigenvalue weighted by atomic mass is 9.84. The predicted octanol–water partition coefficient (Wildman–Crippen LogP) is 4.04. The Morgan fingerprint density at radius 2 is 2.00 bits per heavy atom. The Balaban J connectivity index is 1.56. The molecule has 0 bridgehead atoms. The van der Waals surface area contributed by atoms with Gasteiger partial charge in [0.05, 0.1) is 18.4 Å². The van der Waals surface area contributed by atoms with Crippen LogP contribution in [0.5, 0.6) is 0 Å². The van der Waals surface area contributed by atoms with Crippen LogP contribution >= 0.6 is 11.3 Å². The van der Waals surface area contributed by atoms with E-state index < -0.39 is 0 Å². The molecule has 0 saturated heterocycles. The molecular formula is C19H20N2O2S. The molecule has 0 aliphatic carbocycles. The molecule has 5 heteroatoms. The molecule has 0 radical (unpaired) electrons. The van der Waals surface area contributed by atoms with Gasteiger partial charge in [0.1, 0.15) is 0 Å². The van der Waals surface area contributed by atoms with Gasteiger partial charge in [-0.1, -0.05) is 44.2 Å². The molecule has 1 N–H and O–H groups in total. The number of nitrogens with zero attached hydrogens (tertiary/aromatic N) is 1. The first-order valence-corrected chi connectivity index (χ1v) is 8.73. The van der Waals surface area contributed by atoms with E-state index in [-0.39, 0.29) is 17.7 Å². The Hall–Kier alpha value is -2.40. The number of nitrogens with one attached hydrogen (secondary N) is 1. The van der Waals surface area contributed by atoms with Crippen molar-refractivity contribution in [1.82, 2.24) is 10.3 Å². The topological polar surface area (TPSA) is 55.1 Å². The molecule has 24 heavy (non-hydrogen) atoms. The molecule has 0 aliphatic rings. The fourth-order valence-electron chi connectivity index (χ4n) is 2.44. The minimum absolute atomic E-state index is 0.0182. The van der Waals surface area contributed by atoms with Crippen LogP contribution in [0.4, 0.5) is 0 Å². The number of hydrogen-bond donors (Lipinski definition) is 1. The van der Waals surface area contributed by atoms with Crippen molar-refractivity contribution in [2.45, 2.75) is 25.7 Å². The number of amides is 1. The van der Waals surface area contributed by atoms with Crippen LogP contribution in [0, 0.1) is 0 Å². The van der Waals surface area contributed by atoms with E-state index in [1.54, 1.807) is 6.26 Å². The van der Waals surface area contributed by atoms with Gasteiger partial charge in [-0.15, -0.1) is 11.3 Å². The number of rotatable bonds is 6. The molecule has 0 aliphatic heterocycles. The normalized spacial score (nSPS) is 11.4. The number of hydrogen-bond acceptors (Lipinski definition) is 4. The van der Waals surface area contributed by atoms with Crippen LogP contribution in [0.25, 0.3) is 10.8 Å². The fraction of sp³-hybridized carbons (Fsp3) is 0.263. The van der Waals surface area contributed by atoms with Gasteiger partial charge in [0.2, 0.25) is 5.91 Å². The molecule has 0 atom stereocenters. The number of furan rings is 1. The third-order valence-electron chi connectivity index (χ3n) is 3.91. The summed E-state index contributed by atoms with van der Waals surface area (Å²) in [6.07, 6.45) is 1.90. The summed E-state index contributed by atoms with van der Waals surface area (Å²) in [6.45, 7) is 4.84. The van der Waals surface area contributed by atoms with Gasteiger partial charge >= 0.3 is 0 Å². The van der Waals surface area contributed by atoms with E-state index >= 15 is 0 Å². The van der Waals surface area contributed by atoms with Crippen LogP contribution in [0.1, 0.15) is 25.1 Å². The van der Waals surface area contributed by atoms with Crippen LogP contribution in [0.15, 0.2) is 58.5 Å². The predicted molar refractivity (Wildman–Crippen MR) is 96.0 cm³/mol. The van der Waals surface area contributed by atoms with Gasteiger partial charge in [0.25, 0.3) is 0 Å². The quantitative estimate of drug-likeness (QED) is 0.737. The summed E-state index contributed by atoms with van der Waals surface area (Å²) in [5.41, 5.74) is 1.86. The molecule has 0 saturated carbocycles. The molecule has 0 fully saturated rings. The third kappa shape index (κ3) is 3.92. The van der Waals surface area contributed by atoms with Crippen molar-refractivity contribution in [2.75, 3.05) is 6.54 Å². The van der Waals surface area contributed by atoms with E-state index in [0.717, 1.165) is 16.5 Å². The summed E-state index contributed by atoms with van der Waals surface area (Å²) in [4.78, 5) is 16.7. The van der Waals surface area contributed by atoms with Crippen molar-refractivity contribution in [2.24, 2.45) is 0 Å². The molecular weight excluding hydrogens is 320 g/mol. The van der Waals surface area contributed by atoms with Gasteiger partial charge in [-0.3, -0.25) is 4.79 Å². The first-order chi connectivity index (χ1) is 11.5. The van der Waals surface area contributed by atoms with E-state index in [2.05, 4.69) is 36.3 Å². The Bertz CT molecular complexity index is 792. The zero-order valence-electron chi connectivity index (χ0n) is 13.8. The zero-order valence-corrected chi connectivity index (χ0v) is 14.6. The van der Waals surface area contributed by atoms with Crippen molar-refractivity contribution in [3.8, 4) is 10.8 Å². The SMILES string of the molecule is CC(C)(CNC(=O)Cc1csc(-c2ccco2)n1)c1ccccc1. The minimum Gasteiger partial charge on any atom is -0.462 e. The number of carbonyl (C=O) groups excluding carboxylic acids is 1. The summed E-state index contributed by atoms with van der Waals surface area (Å²) >= 11 is 1.48. The van der Waals surface area contributed by atoms with Crippen molar-refractivity contribution >= 4 is 17.2 Å². The van der Waals surface area contributed by atoms with Crippen LogP contribution in [-0.4, -0.2) is 17.4 Å². The van der Waals surface area contributed by atoms with E-state index in [0.29, 0.717) is 6.54 Å². The maximum atomic E-state index is 12.2. The highest BCUT2D eigenvalue weighted by molar-refractivity contribution is 7.13. The number of aromatic nitrogens is 1. The smallest absolute Gasteiger partial charge is 0.226 e. The van der Waals surface area contributed by atoms with Crippen LogP contribution in [0.3, 0.4) is 0 Å². The highest BCUT2D eigenvalue weighted by Gasteiger charge is 2.21. The van der Waals surface area contributed by atoms with Gasteiger partial charge in [-0.2, -0.15) is 0 Å². The van der Waals surface area contributed by atoms with Crippen LogP contribution in [-0.2, 0) is 16.6 Å². The average molecular weight is 340 g/mol. The molecule has 1 aromatic carbocycles. The highest BCUT2D eigenvalue weighted by atomic mass is 32.1. The second-order valence-electron chi connectivity index (χ2n) is 6.32. The summed E-state index contributed by atoms with van der Waals surface area (Å²) in [5, 5.41) is 5.72. The Morgan fingerprint density at radius 1 is 1.21 bits per heavy atom. The van der Waals surface area contributed by atoms with Crippen LogP contribution < -0.4 is 5.32 Å². The Kier molecular flexibility index (Phi) is 4.81. The highest BCUT2D eigenvalue weighted by Crippen LogP contribution is 2.24. The molecule has 1 amide bonds. The summed E-state index contributed by atoms with van der Waals surface area (Å²) in [6, 6.07) is 13.9. The van der Waals surface area contributed by atoms with Gasteiger partial charge in [0.15, 0.2) is 10.8 Å². The number of benzene rings is 1. The molecule has 4 nitrogen and oxygen atoms in total. The Labute approximate surface area is 145 Å². The first-order valence-electron chi connectivity index (χ1n) is 7.85. The minimum atomic E-state index is -0.113. The molecule has 0 spiro atoms. The molecule has 2 aromatic heterocycles. The van der Waals surface area contributed by atoms with Crippen LogP contribution in [0.2, 0.25) is 0 Å². The van der Waals surface area contributed by atoms with Crippen molar-refractivity contribution in [3.63, 3.8) is 0 Å². The van der Waals surface area contributed by atoms with E-state index in [9.17, 15) is 4.79 Å². The van der Waals surface area contributed by atoms with E-state index in [1.165, 1.54) is 16.9 Å². The van der Waals surface area contributed by atoms with Gasteiger partial charge in [0, 0.05) is 17.3 Å². The maximum absolute atomic E-state index is 12.2. The van der Waals surface area contributed by atoms with Crippen molar-refractivity contribution in [3.05, 3.63) is 65.4 Å². The van der Waals surface area contributed by atoms with Gasteiger partial charge in [-0.05, 0) is 17.7 Å². The fourth-order valence-corrected chi connectivity index (χ4v) is 3.23. The van der Waals surface area contributed by atoms with Gasteiger partial charge < -0.3 is 9.73 Å². The monoisotopic (exact) mass is 340 g/mol. The largest absolute Gasteiger partial charge is 0.462 e. The summed E-state index contributed by atoms with van der Waals surface area (Å²) in [5.74, 6) is 0.715. The lowest BCUT2D eigenvalue weighted by Gasteiger charge is -2.25. The van der Waals surface area contributed by atoms with E-state index in [4.69, 9.17) is 4.42 Å². The number of carbonyl (C=O) groups is 1. The second-order valence-corrected chi connectivity index (χ2v) is 7.18.